The van der Waals surface area contributed by atoms with Gasteiger partial charge in [0.15, 0.2) is 0 Å². The monoisotopic (exact) mass is 167 g/mol. The minimum Gasteiger partial charge on any atom is -0.300 e. The van der Waals surface area contributed by atoms with Gasteiger partial charge in [-0.2, -0.15) is 13.2 Å². The third-order valence-electron chi connectivity index (χ3n) is 2.04. The largest absolute Gasteiger partial charge is 0.390 e. The van der Waals surface area contributed by atoms with Crippen LogP contribution in [0.25, 0.3) is 0 Å². The van der Waals surface area contributed by atoms with Gasteiger partial charge < -0.3 is 4.90 Å². The summed E-state index contributed by atoms with van der Waals surface area (Å²) in [4.78, 5) is 1.85. The van der Waals surface area contributed by atoms with Gasteiger partial charge in [-0.15, -0.1) is 0 Å². The molecule has 1 unspecified atom stereocenters. The van der Waals surface area contributed by atoms with Crippen molar-refractivity contribution in [3.8, 4) is 0 Å². The molecule has 66 valence electrons. The molecule has 0 aromatic heterocycles. The van der Waals surface area contributed by atoms with Crippen molar-refractivity contribution in [2.45, 2.75) is 32.0 Å². The Balaban J connectivity index is 2.24. The fourth-order valence-corrected chi connectivity index (χ4v) is 1.25. The Hall–Kier alpha value is -0.250. The molecule has 1 nitrogen and oxygen atoms in total. The molecular formula is C7H12F3N. The molecule has 1 saturated heterocycles. The van der Waals surface area contributed by atoms with E-state index in [1.807, 2.05) is 4.90 Å². The van der Waals surface area contributed by atoms with E-state index < -0.39 is 12.6 Å². The van der Waals surface area contributed by atoms with Gasteiger partial charge >= 0.3 is 6.18 Å². The number of likely N-dealkylation sites (tertiary alicyclic amines) is 1. The van der Waals surface area contributed by atoms with Gasteiger partial charge in [0.1, 0.15) is 0 Å². The van der Waals surface area contributed by atoms with E-state index in [1.54, 1.807) is 6.92 Å². The molecule has 0 radical (unpaired) electrons. The summed E-state index contributed by atoms with van der Waals surface area (Å²) in [6.45, 7) is 3.29. The molecule has 0 aromatic rings. The molecular weight excluding hydrogens is 155 g/mol. The summed E-state index contributed by atoms with van der Waals surface area (Å²) in [5, 5.41) is 0. The molecule has 0 N–H and O–H groups in total. The quantitative estimate of drug-likeness (QED) is 0.608. The number of rotatable bonds is 2. The van der Waals surface area contributed by atoms with E-state index in [1.165, 1.54) is 0 Å². The topological polar surface area (TPSA) is 3.24 Å². The summed E-state index contributed by atoms with van der Waals surface area (Å²) in [6, 6.07) is -0.330. The van der Waals surface area contributed by atoms with Crippen LogP contribution in [0.2, 0.25) is 0 Å². The van der Waals surface area contributed by atoms with Gasteiger partial charge in [0.2, 0.25) is 0 Å². The van der Waals surface area contributed by atoms with Crippen LogP contribution in [0.4, 0.5) is 13.2 Å². The predicted octanol–water partition coefficient (Wildman–Crippen LogP) is 2.03. The molecule has 1 aliphatic heterocycles. The van der Waals surface area contributed by atoms with Crippen LogP contribution in [0.5, 0.6) is 0 Å². The maximum Gasteiger partial charge on any atom is 0.390 e. The second kappa shape index (κ2) is 3.01. The van der Waals surface area contributed by atoms with Crippen molar-refractivity contribution in [3.05, 3.63) is 0 Å². The summed E-state index contributed by atoms with van der Waals surface area (Å²) in [7, 11) is 0. The van der Waals surface area contributed by atoms with Gasteiger partial charge in [-0.05, 0) is 26.4 Å². The summed E-state index contributed by atoms with van der Waals surface area (Å²) >= 11 is 0. The van der Waals surface area contributed by atoms with Crippen molar-refractivity contribution in [2.75, 3.05) is 13.1 Å². The zero-order chi connectivity index (χ0) is 8.48. The maximum atomic E-state index is 11.8. The molecule has 1 rings (SSSR count). The Morgan fingerprint density at radius 1 is 1.36 bits per heavy atom. The first-order chi connectivity index (χ1) is 4.99. The van der Waals surface area contributed by atoms with E-state index in [4.69, 9.17) is 0 Å². The van der Waals surface area contributed by atoms with Crippen molar-refractivity contribution in [2.24, 2.45) is 0 Å². The lowest BCUT2D eigenvalue weighted by molar-refractivity contribution is -0.148. The molecule has 0 amide bonds. The number of hydrogen-bond donors (Lipinski definition) is 0. The summed E-state index contributed by atoms with van der Waals surface area (Å²) < 4.78 is 35.4. The van der Waals surface area contributed by atoms with E-state index >= 15 is 0 Å². The van der Waals surface area contributed by atoms with Crippen molar-refractivity contribution in [1.82, 2.24) is 4.90 Å². The molecule has 0 bridgehead atoms. The fraction of sp³-hybridized carbons (Fsp3) is 1.00. The van der Waals surface area contributed by atoms with Crippen molar-refractivity contribution < 1.29 is 13.2 Å². The highest BCUT2D eigenvalue weighted by Crippen LogP contribution is 2.25. The summed E-state index contributed by atoms with van der Waals surface area (Å²) in [5.74, 6) is 0. The highest BCUT2D eigenvalue weighted by Gasteiger charge is 2.33. The third-order valence-corrected chi connectivity index (χ3v) is 2.04. The second-order valence-corrected chi connectivity index (χ2v) is 3.06. The third kappa shape index (κ3) is 2.69. The maximum absolute atomic E-state index is 11.8. The molecule has 4 heteroatoms. The van der Waals surface area contributed by atoms with Gasteiger partial charge in [-0.25, -0.2) is 0 Å². The van der Waals surface area contributed by atoms with E-state index in [0.29, 0.717) is 0 Å². The van der Waals surface area contributed by atoms with Crippen molar-refractivity contribution in [1.29, 1.82) is 0 Å². The Bertz CT molecular complexity index is 128. The van der Waals surface area contributed by atoms with Gasteiger partial charge in [0.05, 0.1) is 6.42 Å². The van der Waals surface area contributed by atoms with Crippen LogP contribution >= 0.6 is 0 Å². The van der Waals surface area contributed by atoms with Crippen LogP contribution in [0, 0.1) is 0 Å². The molecule has 0 aromatic carbocycles. The van der Waals surface area contributed by atoms with Crippen LogP contribution in [0.3, 0.4) is 0 Å². The zero-order valence-corrected chi connectivity index (χ0v) is 6.49. The minimum atomic E-state index is -4.00. The van der Waals surface area contributed by atoms with Crippen LogP contribution in [-0.2, 0) is 0 Å². The lowest BCUT2D eigenvalue weighted by Crippen LogP contribution is -2.45. The van der Waals surface area contributed by atoms with Crippen LogP contribution in [0.1, 0.15) is 19.8 Å². The Labute approximate surface area is 64.2 Å². The van der Waals surface area contributed by atoms with Gasteiger partial charge in [0, 0.05) is 6.04 Å². The highest BCUT2D eigenvalue weighted by molar-refractivity contribution is 4.76. The van der Waals surface area contributed by atoms with E-state index in [2.05, 4.69) is 0 Å². The summed E-state index contributed by atoms with van der Waals surface area (Å²) in [5.41, 5.74) is 0. The first kappa shape index (κ1) is 8.84. The Morgan fingerprint density at radius 3 is 2.18 bits per heavy atom. The second-order valence-electron chi connectivity index (χ2n) is 3.06. The van der Waals surface area contributed by atoms with Gasteiger partial charge in [0.25, 0.3) is 0 Å². The average molecular weight is 167 g/mol. The van der Waals surface area contributed by atoms with E-state index in [9.17, 15) is 13.2 Å². The molecule has 1 aliphatic rings. The van der Waals surface area contributed by atoms with E-state index in [-0.39, 0.29) is 6.04 Å². The molecule has 0 saturated carbocycles. The van der Waals surface area contributed by atoms with Crippen molar-refractivity contribution >= 4 is 0 Å². The molecule has 1 fully saturated rings. The molecule has 11 heavy (non-hydrogen) atoms. The minimum absolute atomic E-state index is 0.330. The van der Waals surface area contributed by atoms with Gasteiger partial charge in [-0.1, -0.05) is 0 Å². The SMILES string of the molecule is CC(CC(F)(F)F)N1CCC1. The molecule has 0 aliphatic carbocycles. The number of nitrogens with zero attached hydrogens (tertiary/aromatic N) is 1. The van der Waals surface area contributed by atoms with Crippen LogP contribution < -0.4 is 0 Å². The number of hydrogen-bond acceptors (Lipinski definition) is 1. The number of halogens is 3. The standard InChI is InChI=1S/C7H12F3N/c1-6(5-7(8,9)10)11-3-2-4-11/h6H,2-5H2,1H3. The lowest BCUT2D eigenvalue weighted by atomic mass is 10.1. The number of alkyl halides is 3. The summed E-state index contributed by atoms with van der Waals surface area (Å²) in [6.07, 6.45) is -3.63. The lowest BCUT2D eigenvalue weighted by Gasteiger charge is -2.36. The molecule has 0 spiro atoms. The molecule has 1 atom stereocenters. The molecule has 1 heterocycles. The smallest absolute Gasteiger partial charge is 0.300 e. The van der Waals surface area contributed by atoms with E-state index in [0.717, 1.165) is 19.5 Å². The van der Waals surface area contributed by atoms with Gasteiger partial charge in [-0.3, -0.25) is 0 Å². The normalized spacial score (nSPS) is 22.9. The van der Waals surface area contributed by atoms with Crippen LogP contribution in [-0.4, -0.2) is 30.2 Å². The predicted molar refractivity (Wildman–Crippen MR) is 36.3 cm³/mol. The first-order valence-corrected chi connectivity index (χ1v) is 3.80. The van der Waals surface area contributed by atoms with Crippen molar-refractivity contribution in [3.63, 3.8) is 0 Å². The first-order valence-electron chi connectivity index (χ1n) is 3.80. The fourth-order valence-electron chi connectivity index (χ4n) is 1.25. The van der Waals surface area contributed by atoms with Crippen LogP contribution in [0.15, 0.2) is 0 Å². The highest BCUT2D eigenvalue weighted by atomic mass is 19.4. The Morgan fingerprint density at radius 2 is 1.91 bits per heavy atom. The zero-order valence-electron chi connectivity index (χ0n) is 6.49. The Kier molecular flexibility index (Phi) is 2.42. The average Bonchev–Trinajstić information content (AvgIpc) is 1.50.